The molecule has 0 heterocycles. The Kier molecular flexibility index (Phi) is 9.77. The fraction of sp³-hybridized carbons (Fsp3) is 0.923. The molecular weight excluding hydrogens is 248 g/mol. The molecule has 0 aliphatic carbocycles. The lowest BCUT2D eigenvalue weighted by molar-refractivity contribution is -0.123. The third-order valence-corrected chi connectivity index (χ3v) is 2.85. The smallest absolute Gasteiger partial charge is 0.236 e. The maximum Gasteiger partial charge on any atom is 0.236 e. The Bertz CT molecular complexity index is 247. The number of aliphatic hydroxyl groups is 1. The largest absolute Gasteiger partial charge is 0.389 e. The number of ether oxygens (including phenoxy) is 2. The van der Waals surface area contributed by atoms with E-state index in [1.54, 1.807) is 28.1 Å². The van der Waals surface area contributed by atoms with E-state index in [1.807, 2.05) is 0 Å². The molecule has 6 nitrogen and oxygen atoms in total. The van der Waals surface area contributed by atoms with Crippen LogP contribution in [0.5, 0.6) is 0 Å². The van der Waals surface area contributed by atoms with Crippen LogP contribution in [0.2, 0.25) is 0 Å². The number of carbonyl (C=O) groups excluding carboxylic acids is 1. The summed E-state index contributed by atoms with van der Waals surface area (Å²) in [6.45, 7) is 5.57. The highest BCUT2D eigenvalue weighted by Gasteiger charge is 2.22. The lowest BCUT2D eigenvalue weighted by Gasteiger charge is -2.25. The van der Waals surface area contributed by atoms with Crippen LogP contribution in [0.1, 0.15) is 26.7 Å². The van der Waals surface area contributed by atoms with Crippen molar-refractivity contribution in [2.45, 2.75) is 38.3 Å². The highest BCUT2D eigenvalue weighted by Crippen LogP contribution is 2.07. The molecular formula is C13H28N2O4. The van der Waals surface area contributed by atoms with Gasteiger partial charge in [0, 0.05) is 46.9 Å². The summed E-state index contributed by atoms with van der Waals surface area (Å²) in [7, 11) is 3.23. The van der Waals surface area contributed by atoms with Crippen LogP contribution in [0.4, 0.5) is 0 Å². The maximum absolute atomic E-state index is 11.7. The fourth-order valence-electron chi connectivity index (χ4n) is 1.46. The molecule has 2 atom stereocenters. The summed E-state index contributed by atoms with van der Waals surface area (Å²) in [5.41, 5.74) is -0.874. The number of nitrogens with one attached hydrogen (secondary N) is 2. The predicted molar refractivity (Wildman–Crippen MR) is 74.1 cm³/mol. The summed E-state index contributed by atoms with van der Waals surface area (Å²) in [6, 6.07) is -0.337. The van der Waals surface area contributed by atoms with E-state index in [9.17, 15) is 9.90 Å². The molecule has 0 aromatic rings. The third-order valence-electron chi connectivity index (χ3n) is 2.85. The van der Waals surface area contributed by atoms with Gasteiger partial charge in [0.25, 0.3) is 0 Å². The van der Waals surface area contributed by atoms with E-state index in [1.165, 1.54) is 0 Å². The lowest BCUT2D eigenvalue weighted by Crippen LogP contribution is -2.48. The van der Waals surface area contributed by atoms with Crippen LogP contribution in [0.15, 0.2) is 0 Å². The van der Waals surface area contributed by atoms with E-state index in [0.29, 0.717) is 32.7 Å². The zero-order valence-corrected chi connectivity index (χ0v) is 12.5. The topological polar surface area (TPSA) is 79.8 Å². The minimum atomic E-state index is -0.874. The van der Waals surface area contributed by atoms with E-state index < -0.39 is 5.60 Å². The van der Waals surface area contributed by atoms with E-state index in [4.69, 9.17) is 9.47 Å². The zero-order chi connectivity index (χ0) is 14.7. The summed E-state index contributed by atoms with van der Waals surface area (Å²) >= 11 is 0. The van der Waals surface area contributed by atoms with E-state index >= 15 is 0 Å². The van der Waals surface area contributed by atoms with Gasteiger partial charge in [-0.2, -0.15) is 0 Å². The van der Waals surface area contributed by atoms with Crippen molar-refractivity contribution in [3.63, 3.8) is 0 Å². The third kappa shape index (κ3) is 9.84. The van der Waals surface area contributed by atoms with E-state index in [0.717, 1.165) is 6.42 Å². The van der Waals surface area contributed by atoms with Crippen LogP contribution in [-0.2, 0) is 14.3 Å². The Balaban J connectivity index is 3.82. The van der Waals surface area contributed by atoms with Crippen molar-refractivity contribution < 1.29 is 19.4 Å². The number of carbonyl (C=O) groups is 1. The van der Waals surface area contributed by atoms with Crippen LogP contribution in [0.25, 0.3) is 0 Å². The quantitative estimate of drug-likeness (QED) is 0.459. The molecule has 0 saturated carbocycles. The van der Waals surface area contributed by atoms with Crippen LogP contribution in [0.3, 0.4) is 0 Å². The van der Waals surface area contributed by atoms with Gasteiger partial charge in [-0.25, -0.2) is 0 Å². The molecule has 0 rings (SSSR count). The highest BCUT2D eigenvalue weighted by atomic mass is 16.5. The van der Waals surface area contributed by atoms with E-state index in [-0.39, 0.29) is 11.9 Å². The molecule has 0 bridgehead atoms. The van der Waals surface area contributed by atoms with Gasteiger partial charge in [0.2, 0.25) is 5.91 Å². The Morgan fingerprint density at radius 2 is 1.95 bits per heavy atom. The van der Waals surface area contributed by atoms with Crippen LogP contribution in [0, 0.1) is 0 Å². The normalized spacial score (nSPS) is 15.8. The first-order chi connectivity index (χ1) is 8.93. The second kappa shape index (κ2) is 10.1. The molecule has 0 spiro atoms. The monoisotopic (exact) mass is 276 g/mol. The molecule has 1 amide bonds. The minimum Gasteiger partial charge on any atom is -0.389 e. The molecule has 6 heteroatoms. The van der Waals surface area contributed by atoms with Gasteiger partial charge in [0.05, 0.1) is 11.6 Å². The molecule has 0 fully saturated rings. The van der Waals surface area contributed by atoms with E-state index in [2.05, 4.69) is 10.6 Å². The number of rotatable bonds is 11. The minimum absolute atomic E-state index is 0.0707. The average Bonchev–Trinajstić information content (AvgIpc) is 2.38. The average molecular weight is 276 g/mol. The zero-order valence-electron chi connectivity index (χ0n) is 12.5. The number of methoxy groups -OCH3 is 2. The molecule has 19 heavy (non-hydrogen) atoms. The molecule has 2 unspecified atom stereocenters. The first-order valence-electron chi connectivity index (χ1n) is 6.64. The second-order valence-corrected chi connectivity index (χ2v) is 4.98. The van der Waals surface area contributed by atoms with Crippen LogP contribution >= 0.6 is 0 Å². The first kappa shape index (κ1) is 18.3. The Morgan fingerprint density at radius 1 is 1.32 bits per heavy atom. The number of hydrogen-bond acceptors (Lipinski definition) is 5. The lowest BCUT2D eigenvalue weighted by atomic mass is 10.0. The molecule has 0 aliphatic rings. The van der Waals surface area contributed by atoms with Crippen molar-refractivity contribution in [2.75, 3.05) is 40.5 Å². The Labute approximate surface area is 115 Å². The fourth-order valence-corrected chi connectivity index (χ4v) is 1.46. The predicted octanol–water partition coefficient (Wildman–Crippen LogP) is -0.0953. The van der Waals surface area contributed by atoms with Crippen molar-refractivity contribution in [1.29, 1.82) is 0 Å². The summed E-state index contributed by atoms with van der Waals surface area (Å²) in [4.78, 5) is 11.7. The van der Waals surface area contributed by atoms with Gasteiger partial charge >= 0.3 is 0 Å². The summed E-state index contributed by atoms with van der Waals surface area (Å²) in [6.07, 6.45) is 1.32. The van der Waals surface area contributed by atoms with Gasteiger partial charge in [-0.1, -0.05) is 0 Å². The van der Waals surface area contributed by atoms with Gasteiger partial charge in [0.15, 0.2) is 0 Å². The van der Waals surface area contributed by atoms with Crippen molar-refractivity contribution in [3.8, 4) is 0 Å². The second-order valence-electron chi connectivity index (χ2n) is 4.98. The molecule has 0 radical (unpaired) electrons. The van der Waals surface area contributed by atoms with Gasteiger partial charge in [0.1, 0.15) is 0 Å². The Morgan fingerprint density at radius 3 is 2.53 bits per heavy atom. The van der Waals surface area contributed by atoms with Crippen molar-refractivity contribution in [1.82, 2.24) is 10.6 Å². The molecule has 0 aromatic carbocycles. The molecule has 0 aromatic heterocycles. The molecule has 0 saturated heterocycles. The SMILES string of the molecule is COCCCNC(=O)C(C)NCC(C)(O)CCOC. The molecule has 0 aliphatic heterocycles. The van der Waals surface area contributed by atoms with Gasteiger partial charge in [-0.3, -0.25) is 4.79 Å². The first-order valence-corrected chi connectivity index (χ1v) is 6.64. The van der Waals surface area contributed by atoms with Gasteiger partial charge in [-0.05, 0) is 20.3 Å². The Hall–Kier alpha value is -0.690. The summed E-state index contributed by atoms with van der Waals surface area (Å²) < 4.78 is 9.83. The van der Waals surface area contributed by atoms with Crippen LogP contribution < -0.4 is 10.6 Å². The number of hydrogen-bond donors (Lipinski definition) is 3. The van der Waals surface area contributed by atoms with Crippen molar-refractivity contribution in [2.24, 2.45) is 0 Å². The van der Waals surface area contributed by atoms with Crippen molar-refractivity contribution >= 4 is 5.91 Å². The van der Waals surface area contributed by atoms with Crippen molar-refractivity contribution in [3.05, 3.63) is 0 Å². The standard InChI is InChI=1S/C13H28N2O4/c1-11(12(16)14-7-5-8-18-3)15-10-13(2,17)6-9-19-4/h11,15,17H,5-10H2,1-4H3,(H,14,16). The van der Waals surface area contributed by atoms with Crippen LogP contribution in [-0.4, -0.2) is 63.2 Å². The van der Waals surface area contributed by atoms with Gasteiger partial charge < -0.3 is 25.2 Å². The highest BCUT2D eigenvalue weighted by molar-refractivity contribution is 5.81. The summed E-state index contributed by atoms with van der Waals surface area (Å²) in [5, 5.41) is 15.9. The van der Waals surface area contributed by atoms with Gasteiger partial charge in [-0.15, -0.1) is 0 Å². The molecule has 3 N–H and O–H groups in total. The summed E-state index contributed by atoms with van der Waals surface area (Å²) in [5.74, 6) is -0.0707. The maximum atomic E-state index is 11.7. The molecule has 114 valence electrons. The number of amides is 1.